The first kappa shape index (κ1) is 14.8. The van der Waals surface area contributed by atoms with Gasteiger partial charge in [0, 0.05) is 21.5 Å². The van der Waals surface area contributed by atoms with Crippen LogP contribution in [0, 0.1) is 16.0 Å². The zero-order valence-corrected chi connectivity index (χ0v) is 13.0. The second-order valence-corrected chi connectivity index (χ2v) is 6.74. The van der Waals surface area contributed by atoms with Crippen molar-refractivity contribution >= 4 is 33.2 Å². The van der Waals surface area contributed by atoms with Gasteiger partial charge in [-0.1, -0.05) is 40.4 Å². The molecule has 0 spiro atoms. The van der Waals surface area contributed by atoms with Gasteiger partial charge in [0.05, 0.1) is 4.92 Å². The molecule has 0 bridgehead atoms. The predicted molar refractivity (Wildman–Crippen MR) is 81.1 cm³/mol. The van der Waals surface area contributed by atoms with Gasteiger partial charge in [-0.2, -0.15) is 0 Å². The van der Waals surface area contributed by atoms with Crippen LogP contribution in [0.5, 0.6) is 0 Å². The Morgan fingerprint density at radius 1 is 1.42 bits per heavy atom. The van der Waals surface area contributed by atoms with E-state index in [-0.39, 0.29) is 10.6 Å². The number of halogens is 2. The molecule has 0 amide bonds. The molecule has 0 aromatic heterocycles. The van der Waals surface area contributed by atoms with E-state index in [2.05, 4.69) is 15.9 Å². The van der Waals surface area contributed by atoms with Crippen LogP contribution in [-0.2, 0) is 6.42 Å². The van der Waals surface area contributed by atoms with E-state index in [1.165, 1.54) is 31.7 Å². The lowest BCUT2D eigenvalue weighted by molar-refractivity contribution is -0.385. The fraction of sp³-hybridized carbons (Fsp3) is 0.571. The van der Waals surface area contributed by atoms with Gasteiger partial charge in [0.15, 0.2) is 0 Å². The Balaban J connectivity index is 2.01. The predicted octanol–water partition coefficient (Wildman–Crippen LogP) is 5.13. The third-order valence-corrected chi connectivity index (χ3v) is 5.28. The Kier molecular flexibility index (Phi) is 5.22. The molecule has 1 aromatic rings. The highest BCUT2D eigenvalue weighted by Crippen LogP contribution is 2.34. The van der Waals surface area contributed by atoms with Crippen LogP contribution in [0.4, 0.5) is 5.69 Å². The Morgan fingerprint density at radius 2 is 2.11 bits per heavy atom. The van der Waals surface area contributed by atoms with Crippen LogP contribution in [-0.4, -0.2) is 9.75 Å². The van der Waals surface area contributed by atoms with Crippen LogP contribution < -0.4 is 0 Å². The van der Waals surface area contributed by atoms with Crippen LogP contribution in [0.1, 0.15) is 37.7 Å². The van der Waals surface area contributed by atoms with E-state index in [0.29, 0.717) is 16.3 Å². The van der Waals surface area contributed by atoms with Crippen molar-refractivity contribution in [2.24, 2.45) is 5.92 Å². The molecule has 0 heterocycles. The molecule has 2 rings (SSSR count). The standard InChI is InChI=1S/C14H17BrClNO2/c15-13(10-3-1-2-4-10)7-5-11-9-12(16)6-8-14(11)17(18)19/h6,8-10,13H,1-5,7H2. The average molecular weight is 347 g/mol. The lowest BCUT2D eigenvalue weighted by atomic mass is 9.97. The van der Waals surface area contributed by atoms with Gasteiger partial charge in [-0.25, -0.2) is 0 Å². The lowest BCUT2D eigenvalue weighted by Gasteiger charge is -2.16. The zero-order chi connectivity index (χ0) is 13.8. The summed E-state index contributed by atoms with van der Waals surface area (Å²) in [5.74, 6) is 0.721. The number of nitro benzene ring substituents is 1. The van der Waals surface area contributed by atoms with Gasteiger partial charge in [0.1, 0.15) is 0 Å². The summed E-state index contributed by atoms with van der Waals surface area (Å²) in [7, 11) is 0. The Morgan fingerprint density at radius 3 is 2.74 bits per heavy atom. The van der Waals surface area contributed by atoms with Crippen molar-refractivity contribution in [1.82, 2.24) is 0 Å². The van der Waals surface area contributed by atoms with E-state index in [1.807, 2.05) is 0 Å². The summed E-state index contributed by atoms with van der Waals surface area (Å²) in [4.78, 5) is 11.1. The maximum Gasteiger partial charge on any atom is 0.272 e. The fourth-order valence-electron chi connectivity index (χ4n) is 2.78. The molecule has 0 N–H and O–H groups in total. The van der Waals surface area contributed by atoms with Crippen molar-refractivity contribution in [3.05, 3.63) is 38.9 Å². The SMILES string of the molecule is O=[N+]([O-])c1ccc(Cl)cc1CCC(Br)C1CCCC1. The molecule has 1 saturated carbocycles. The van der Waals surface area contributed by atoms with Gasteiger partial charge in [0.2, 0.25) is 0 Å². The highest BCUT2D eigenvalue weighted by Gasteiger charge is 2.23. The normalized spacial score (nSPS) is 17.6. The second kappa shape index (κ2) is 6.71. The van der Waals surface area contributed by atoms with Gasteiger partial charge in [0.25, 0.3) is 5.69 Å². The largest absolute Gasteiger partial charge is 0.272 e. The minimum Gasteiger partial charge on any atom is -0.258 e. The second-order valence-electron chi connectivity index (χ2n) is 5.13. The lowest BCUT2D eigenvalue weighted by Crippen LogP contribution is -2.12. The molecule has 0 radical (unpaired) electrons. The molecule has 0 aliphatic heterocycles. The van der Waals surface area contributed by atoms with Crippen molar-refractivity contribution < 1.29 is 4.92 Å². The molecular formula is C14H17BrClNO2. The highest BCUT2D eigenvalue weighted by molar-refractivity contribution is 9.09. The summed E-state index contributed by atoms with van der Waals surface area (Å²) in [6, 6.07) is 4.79. The zero-order valence-electron chi connectivity index (χ0n) is 10.6. The summed E-state index contributed by atoms with van der Waals surface area (Å²) < 4.78 is 0. The molecule has 5 heteroatoms. The molecule has 1 aliphatic carbocycles. The van der Waals surface area contributed by atoms with Crippen LogP contribution in [0.25, 0.3) is 0 Å². The highest BCUT2D eigenvalue weighted by atomic mass is 79.9. The van der Waals surface area contributed by atoms with E-state index in [0.717, 1.165) is 17.9 Å². The number of benzene rings is 1. The van der Waals surface area contributed by atoms with Crippen LogP contribution in [0.3, 0.4) is 0 Å². The summed E-state index contributed by atoms with van der Waals surface area (Å²) in [5.41, 5.74) is 0.912. The minimum atomic E-state index is -0.329. The number of hydrogen-bond donors (Lipinski definition) is 0. The van der Waals surface area contributed by atoms with Crippen LogP contribution in [0.2, 0.25) is 5.02 Å². The first-order chi connectivity index (χ1) is 9.08. The molecule has 1 fully saturated rings. The maximum atomic E-state index is 11.0. The van der Waals surface area contributed by atoms with Gasteiger partial charge in [-0.3, -0.25) is 10.1 Å². The third-order valence-electron chi connectivity index (χ3n) is 3.84. The molecule has 3 nitrogen and oxygen atoms in total. The topological polar surface area (TPSA) is 43.1 Å². The Hall–Kier alpha value is -0.610. The summed E-state index contributed by atoms with van der Waals surface area (Å²) >= 11 is 9.67. The van der Waals surface area contributed by atoms with Crippen molar-refractivity contribution in [3.8, 4) is 0 Å². The van der Waals surface area contributed by atoms with E-state index in [1.54, 1.807) is 12.1 Å². The number of nitro groups is 1. The molecule has 104 valence electrons. The third kappa shape index (κ3) is 3.93. The summed E-state index contributed by atoms with van der Waals surface area (Å²) in [6.45, 7) is 0. The summed E-state index contributed by atoms with van der Waals surface area (Å²) in [5, 5.41) is 11.5. The number of aryl methyl sites for hydroxylation is 1. The number of hydrogen-bond acceptors (Lipinski definition) is 2. The Bertz CT molecular complexity index is 461. The number of rotatable bonds is 5. The van der Waals surface area contributed by atoms with Crippen molar-refractivity contribution in [3.63, 3.8) is 0 Å². The summed E-state index contributed by atoms with van der Waals surface area (Å²) in [6.07, 6.45) is 6.78. The van der Waals surface area contributed by atoms with Crippen molar-refractivity contribution in [1.29, 1.82) is 0 Å². The molecule has 1 aromatic carbocycles. The smallest absolute Gasteiger partial charge is 0.258 e. The first-order valence-electron chi connectivity index (χ1n) is 6.65. The van der Waals surface area contributed by atoms with Gasteiger partial charge < -0.3 is 0 Å². The fourth-order valence-corrected chi connectivity index (χ4v) is 3.73. The van der Waals surface area contributed by atoms with Gasteiger partial charge in [-0.05, 0) is 43.7 Å². The van der Waals surface area contributed by atoms with E-state index in [4.69, 9.17) is 11.6 Å². The average Bonchev–Trinajstić information content (AvgIpc) is 2.89. The van der Waals surface area contributed by atoms with Crippen LogP contribution in [0.15, 0.2) is 18.2 Å². The quantitative estimate of drug-likeness (QED) is 0.421. The maximum absolute atomic E-state index is 11.0. The molecular weight excluding hydrogens is 330 g/mol. The van der Waals surface area contributed by atoms with Gasteiger partial charge >= 0.3 is 0 Å². The first-order valence-corrected chi connectivity index (χ1v) is 7.94. The van der Waals surface area contributed by atoms with Crippen molar-refractivity contribution in [2.75, 3.05) is 0 Å². The van der Waals surface area contributed by atoms with Crippen LogP contribution >= 0.6 is 27.5 Å². The molecule has 19 heavy (non-hydrogen) atoms. The monoisotopic (exact) mass is 345 g/mol. The van der Waals surface area contributed by atoms with E-state index < -0.39 is 0 Å². The molecule has 1 aliphatic rings. The Labute approximate surface area is 126 Å². The number of nitrogens with zero attached hydrogens (tertiary/aromatic N) is 1. The molecule has 1 atom stereocenters. The van der Waals surface area contributed by atoms with Crippen molar-refractivity contribution in [2.45, 2.75) is 43.4 Å². The number of alkyl halides is 1. The van der Waals surface area contributed by atoms with E-state index >= 15 is 0 Å². The molecule has 1 unspecified atom stereocenters. The van der Waals surface area contributed by atoms with E-state index in [9.17, 15) is 10.1 Å². The minimum absolute atomic E-state index is 0.176. The molecule has 0 saturated heterocycles. The van der Waals surface area contributed by atoms with Gasteiger partial charge in [-0.15, -0.1) is 0 Å².